The van der Waals surface area contributed by atoms with Crippen LogP contribution in [0.3, 0.4) is 0 Å². The number of aliphatic carboxylic acids is 1. The van der Waals surface area contributed by atoms with Crippen molar-refractivity contribution in [2.45, 2.75) is 13.3 Å². The molecule has 0 aliphatic rings. The third-order valence-corrected chi connectivity index (χ3v) is 0.876. The van der Waals surface area contributed by atoms with E-state index in [0.717, 1.165) is 6.26 Å². The molecule has 66 valence electrons. The number of esters is 1. The number of allylic oxidation sites excluding steroid dienone is 1. The fourth-order valence-corrected chi connectivity index (χ4v) is 0.439. The lowest BCUT2D eigenvalue weighted by Gasteiger charge is -1.90. The quantitative estimate of drug-likeness (QED) is 0.389. The minimum atomic E-state index is -0.965. The predicted octanol–water partition coefficient (Wildman–Crippen LogP) is 1.09. The molecular weight excluding hydrogens is 160 g/mol. The van der Waals surface area contributed by atoms with Crippen LogP contribution >= 0.6 is 0 Å². The van der Waals surface area contributed by atoms with Crippen molar-refractivity contribution in [1.29, 1.82) is 0 Å². The van der Waals surface area contributed by atoms with Crippen LogP contribution in [0.4, 0.5) is 0 Å². The summed E-state index contributed by atoms with van der Waals surface area (Å²) >= 11 is 0. The van der Waals surface area contributed by atoms with Crippen molar-refractivity contribution in [3.8, 4) is 0 Å². The lowest BCUT2D eigenvalue weighted by Crippen LogP contribution is -1.94. The largest absolute Gasteiger partial charge is 0.481 e. The molecule has 0 amide bonds. The Labute approximate surface area is 70.1 Å². The molecule has 0 atom stereocenters. The molecule has 0 unspecified atom stereocenters. The first kappa shape index (κ1) is 10.4. The Kier molecular flexibility index (Phi) is 5.34. The molecule has 1 N–H and O–H groups in total. The molecule has 0 rings (SSSR count). The highest BCUT2D eigenvalue weighted by Gasteiger charge is 1.92. The van der Waals surface area contributed by atoms with Gasteiger partial charge in [0.05, 0.1) is 12.7 Å². The van der Waals surface area contributed by atoms with E-state index in [1.165, 1.54) is 18.2 Å². The minimum Gasteiger partial charge on any atom is -0.481 e. The number of carboxylic acid groups (broad SMARTS) is 1. The van der Waals surface area contributed by atoms with Crippen LogP contribution in [-0.4, -0.2) is 17.0 Å². The molecule has 0 aliphatic carbocycles. The Morgan fingerprint density at radius 1 is 1.50 bits per heavy atom. The molecule has 12 heavy (non-hydrogen) atoms. The standard InChI is InChI=1S/C8H10O4/c1-2-4-8(11)12-6-3-5-7(9)10/h2-4,6H,5H2,1H3,(H,9,10). The summed E-state index contributed by atoms with van der Waals surface area (Å²) in [4.78, 5) is 20.5. The molecule has 0 bridgehead atoms. The molecule has 0 saturated carbocycles. The van der Waals surface area contributed by atoms with Crippen molar-refractivity contribution in [1.82, 2.24) is 0 Å². The Balaban J connectivity index is 3.60. The number of ether oxygens (including phenoxy) is 1. The van der Waals surface area contributed by atoms with Crippen LogP contribution in [0.1, 0.15) is 13.3 Å². The normalized spacial score (nSPS) is 10.8. The van der Waals surface area contributed by atoms with E-state index in [1.54, 1.807) is 6.92 Å². The first-order valence-corrected chi connectivity index (χ1v) is 3.37. The van der Waals surface area contributed by atoms with Gasteiger partial charge in [-0.1, -0.05) is 6.08 Å². The highest BCUT2D eigenvalue weighted by Crippen LogP contribution is 1.86. The van der Waals surface area contributed by atoms with Gasteiger partial charge >= 0.3 is 11.9 Å². The number of hydrogen-bond acceptors (Lipinski definition) is 3. The van der Waals surface area contributed by atoms with E-state index in [9.17, 15) is 9.59 Å². The maximum atomic E-state index is 10.6. The summed E-state index contributed by atoms with van der Waals surface area (Å²) in [6.07, 6.45) is 4.95. The molecule has 0 radical (unpaired) electrons. The zero-order valence-electron chi connectivity index (χ0n) is 6.69. The Morgan fingerprint density at radius 2 is 2.17 bits per heavy atom. The van der Waals surface area contributed by atoms with Gasteiger partial charge in [0.2, 0.25) is 0 Å². The van der Waals surface area contributed by atoms with Gasteiger partial charge in [0.1, 0.15) is 0 Å². The third-order valence-electron chi connectivity index (χ3n) is 0.876. The van der Waals surface area contributed by atoms with Crippen molar-refractivity contribution in [3.63, 3.8) is 0 Å². The van der Waals surface area contributed by atoms with Crippen LogP contribution < -0.4 is 0 Å². The van der Waals surface area contributed by atoms with Crippen LogP contribution in [-0.2, 0) is 14.3 Å². The Bertz CT molecular complexity index is 215. The summed E-state index contributed by atoms with van der Waals surface area (Å²) in [5, 5.41) is 8.18. The molecule has 0 fully saturated rings. The molecule has 0 aromatic heterocycles. The highest BCUT2D eigenvalue weighted by molar-refractivity contribution is 5.82. The fourth-order valence-electron chi connectivity index (χ4n) is 0.439. The van der Waals surface area contributed by atoms with Crippen molar-refractivity contribution >= 4 is 11.9 Å². The topological polar surface area (TPSA) is 63.6 Å². The smallest absolute Gasteiger partial charge is 0.335 e. The predicted molar refractivity (Wildman–Crippen MR) is 42.3 cm³/mol. The molecule has 0 aromatic carbocycles. The second-order valence-corrected chi connectivity index (χ2v) is 1.91. The van der Waals surface area contributed by atoms with Crippen LogP contribution in [0, 0.1) is 0 Å². The van der Waals surface area contributed by atoms with Gasteiger partial charge in [-0.25, -0.2) is 4.79 Å². The maximum Gasteiger partial charge on any atom is 0.335 e. The van der Waals surface area contributed by atoms with Gasteiger partial charge in [-0.15, -0.1) is 0 Å². The summed E-state index contributed by atoms with van der Waals surface area (Å²) in [5.41, 5.74) is 0. The van der Waals surface area contributed by atoms with Crippen molar-refractivity contribution in [2.75, 3.05) is 0 Å². The molecule has 0 aromatic rings. The average Bonchev–Trinajstić information content (AvgIpc) is 1.98. The van der Waals surface area contributed by atoms with E-state index >= 15 is 0 Å². The van der Waals surface area contributed by atoms with Gasteiger partial charge in [0.15, 0.2) is 0 Å². The molecule has 0 saturated heterocycles. The molecule has 4 nitrogen and oxygen atoms in total. The molecule has 4 heteroatoms. The van der Waals surface area contributed by atoms with E-state index in [2.05, 4.69) is 4.74 Å². The monoisotopic (exact) mass is 170 g/mol. The molecule has 0 heterocycles. The van der Waals surface area contributed by atoms with Crippen molar-refractivity contribution in [3.05, 3.63) is 24.5 Å². The molecule has 0 spiro atoms. The minimum absolute atomic E-state index is 0.150. The zero-order chi connectivity index (χ0) is 9.40. The fraction of sp³-hybridized carbons (Fsp3) is 0.250. The number of carbonyl (C=O) groups excluding carboxylic acids is 1. The van der Waals surface area contributed by atoms with E-state index in [1.807, 2.05) is 0 Å². The first-order valence-electron chi connectivity index (χ1n) is 3.37. The third kappa shape index (κ3) is 6.54. The van der Waals surface area contributed by atoms with Crippen LogP contribution in [0.25, 0.3) is 0 Å². The van der Waals surface area contributed by atoms with E-state index < -0.39 is 11.9 Å². The maximum absolute atomic E-state index is 10.6. The van der Waals surface area contributed by atoms with Crippen LogP contribution in [0.5, 0.6) is 0 Å². The summed E-state index contributed by atoms with van der Waals surface area (Å²) in [6.45, 7) is 1.68. The highest BCUT2D eigenvalue weighted by atomic mass is 16.5. The number of carboxylic acids is 1. The number of rotatable bonds is 4. The Morgan fingerprint density at radius 3 is 2.67 bits per heavy atom. The van der Waals surface area contributed by atoms with Crippen molar-refractivity contribution < 1.29 is 19.4 Å². The van der Waals surface area contributed by atoms with Crippen molar-refractivity contribution in [2.24, 2.45) is 0 Å². The average molecular weight is 170 g/mol. The van der Waals surface area contributed by atoms with Gasteiger partial charge in [-0.05, 0) is 13.0 Å². The van der Waals surface area contributed by atoms with E-state index in [-0.39, 0.29) is 6.42 Å². The number of carbonyl (C=O) groups is 2. The molecular formula is C8H10O4. The number of hydrogen-bond donors (Lipinski definition) is 1. The summed E-state index contributed by atoms with van der Waals surface area (Å²) < 4.78 is 4.46. The zero-order valence-corrected chi connectivity index (χ0v) is 6.69. The molecule has 0 aliphatic heterocycles. The second kappa shape index (κ2) is 6.15. The van der Waals surface area contributed by atoms with E-state index in [4.69, 9.17) is 5.11 Å². The Hall–Kier alpha value is -1.58. The van der Waals surface area contributed by atoms with Gasteiger partial charge in [0.25, 0.3) is 0 Å². The lowest BCUT2D eigenvalue weighted by atomic mass is 10.4. The van der Waals surface area contributed by atoms with Crippen LogP contribution in [0.15, 0.2) is 24.5 Å². The second-order valence-electron chi connectivity index (χ2n) is 1.91. The van der Waals surface area contributed by atoms with Gasteiger partial charge in [-0.2, -0.15) is 0 Å². The summed E-state index contributed by atoms with van der Waals surface area (Å²) in [7, 11) is 0. The van der Waals surface area contributed by atoms with Gasteiger partial charge in [0, 0.05) is 6.08 Å². The SMILES string of the molecule is CC=CC(=O)OC=CCC(=O)O. The first-order chi connectivity index (χ1) is 5.66. The van der Waals surface area contributed by atoms with Gasteiger partial charge in [-0.3, -0.25) is 4.79 Å². The van der Waals surface area contributed by atoms with Gasteiger partial charge < -0.3 is 9.84 Å². The van der Waals surface area contributed by atoms with E-state index in [0.29, 0.717) is 0 Å². The summed E-state index contributed by atoms with van der Waals surface area (Å²) in [6, 6.07) is 0. The lowest BCUT2D eigenvalue weighted by molar-refractivity contribution is -0.136. The van der Waals surface area contributed by atoms with Crippen LogP contribution in [0.2, 0.25) is 0 Å². The summed E-state index contributed by atoms with van der Waals surface area (Å²) in [5.74, 6) is -1.48.